The molecule has 2 rings (SSSR count). The molecule has 1 N–H and O–H groups in total. The molecular weight excluding hydrogens is 268 g/mol. The summed E-state index contributed by atoms with van der Waals surface area (Å²) in [4.78, 5) is 11.8. The summed E-state index contributed by atoms with van der Waals surface area (Å²) in [7, 11) is 0. The van der Waals surface area contributed by atoms with Crippen molar-refractivity contribution < 1.29 is 4.79 Å². The quantitative estimate of drug-likeness (QED) is 0.904. The average Bonchev–Trinajstić information content (AvgIpc) is 3.03. The fourth-order valence-electron chi connectivity index (χ4n) is 1.52. The van der Waals surface area contributed by atoms with Crippen LogP contribution in [0.1, 0.15) is 18.4 Å². The number of anilines is 1. The van der Waals surface area contributed by atoms with E-state index in [9.17, 15) is 4.79 Å². The van der Waals surface area contributed by atoms with Crippen LogP contribution in [0.2, 0.25) is 0 Å². The minimum Gasteiger partial charge on any atom is -0.324 e. The molecule has 0 bridgehead atoms. The molecule has 0 spiro atoms. The Bertz CT molecular complexity index is 486. The van der Waals surface area contributed by atoms with Crippen molar-refractivity contribution in [2.24, 2.45) is 5.41 Å². The zero-order chi connectivity index (χ0) is 11.8. The van der Waals surface area contributed by atoms with E-state index in [0.717, 1.165) is 15.7 Å². The van der Waals surface area contributed by atoms with E-state index in [2.05, 4.69) is 27.3 Å². The molecule has 4 heteroatoms. The Morgan fingerprint density at radius 3 is 2.75 bits per heavy atom. The van der Waals surface area contributed by atoms with Crippen LogP contribution >= 0.6 is 15.9 Å². The van der Waals surface area contributed by atoms with Crippen LogP contribution in [0.3, 0.4) is 0 Å². The van der Waals surface area contributed by atoms with Gasteiger partial charge in [-0.3, -0.25) is 4.79 Å². The van der Waals surface area contributed by atoms with Crippen molar-refractivity contribution in [3.05, 3.63) is 28.2 Å². The minimum atomic E-state index is -0.764. The maximum Gasteiger partial charge on any atom is 0.244 e. The Morgan fingerprint density at radius 1 is 1.56 bits per heavy atom. The standard InChI is InChI=1S/C12H11BrN2O/c1-8-6-9(13)2-3-10(8)15-11(16)12(7-14)4-5-12/h2-3,6H,4-5H2,1H3,(H,15,16). The van der Waals surface area contributed by atoms with Gasteiger partial charge in [-0.05, 0) is 43.5 Å². The summed E-state index contributed by atoms with van der Waals surface area (Å²) in [5.41, 5.74) is 0.991. The number of amides is 1. The third-order valence-electron chi connectivity index (χ3n) is 2.84. The summed E-state index contributed by atoms with van der Waals surface area (Å²) in [6, 6.07) is 7.72. The number of carbonyl (C=O) groups is 1. The summed E-state index contributed by atoms with van der Waals surface area (Å²) in [5.74, 6) is -0.180. The Labute approximate surface area is 103 Å². The number of benzene rings is 1. The Hall–Kier alpha value is -1.34. The molecule has 1 aliphatic rings. The van der Waals surface area contributed by atoms with Gasteiger partial charge in [0.05, 0.1) is 6.07 Å². The third-order valence-corrected chi connectivity index (χ3v) is 3.33. The maximum absolute atomic E-state index is 11.8. The second-order valence-corrected chi connectivity index (χ2v) is 5.02. The number of aryl methyl sites for hydroxylation is 1. The van der Waals surface area contributed by atoms with Crippen molar-refractivity contribution in [1.29, 1.82) is 5.26 Å². The van der Waals surface area contributed by atoms with Crippen molar-refractivity contribution in [3.63, 3.8) is 0 Å². The fraction of sp³-hybridized carbons (Fsp3) is 0.333. The predicted molar refractivity (Wildman–Crippen MR) is 64.8 cm³/mol. The second-order valence-electron chi connectivity index (χ2n) is 4.11. The number of rotatable bonds is 2. The van der Waals surface area contributed by atoms with E-state index < -0.39 is 5.41 Å². The highest BCUT2D eigenvalue weighted by Gasteiger charge is 2.50. The number of hydrogen-bond donors (Lipinski definition) is 1. The van der Waals surface area contributed by atoms with Gasteiger partial charge in [0.1, 0.15) is 5.41 Å². The molecule has 0 unspecified atom stereocenters. The second kappa shape index (κ2) is 3.91. The Balaban J connectivity index is 2.16. The molecule has 16 heavy (non-hydrogen) atoms. The number of nitrogens with zero attached hydrogens (tertiary/aromatic N) is 1. The number of carbonyl (C=O) groups excluding carboxylic acids is 1. The van der Waals surface area contributed by atoms with Gasteiger partial charge in [0, 0.05) is 10.2 Å². The lowest BCUT2D eigenvalue weighted by molar-refractivity contribution is -0.119. The Kier molecular flexibility index (Phi) is 2.73. The molecule has 0 atom stereocenters. The van der Waals surface area contributed by atoms with E-state index >= 15 is 0 Å². The van der Waals surface area contributed by atoms with Crippen LogP contribution < -0.4 is 5.32 Å². The lowest BCUT2D eigenvalue weighted by Gasteiger charge is -2.10. The van der Waals surface area contributed by atoms with Gasteiger partial charge in [-0.25, -0.2) is 0 Å². The molecule has 1 aromatic carbocycles. The van der Waals surface area contributed by atoms with E-state index in [-0.39, 0.29) is 5.91 Å². The van der Waals surface area contributed by atoms with Crippen molar-refractivity contribution in [2.75, 3.05) is 5.32 Å². The molecule has 1 saturated carbocycles. The van der Waals surface area contributed by atoms with E-state index in [1.807, 2.05) is 25.1 Å². The van der Waals surface area contributed by atoms with E-state index in [4.69, 9.17) is 5.26 Å². The first kappa shape index (κ1) is 11.2. The minimum absolute atomic E-state index is 0.180. The van der Waals surface area contributed by atoms with Crippen LogP contribution in [-0.2, 0) is 4.79 Å². The highest BCUT2D eigenvalue weighted by atomic mass is 79.9. The first-order valence-corrected chi connectivity index (χ1v) is 5.85. The van der Waals surface area contributed by atoms with Crippen molar-refractivity contribution in [2.45, 2.75) is 19.8 Å². The third kappa shape index (κ3) is 1.96. The van der Waals surface area contributed by atoms with Crippen molar-refractivity contribution in [1.82, 2.24) is 0 Å². The van der Waals surface area contributed by atoms with Gasteiger partial charge in [0.15, 0.2) is 0 Å². The fourth-order valence-corrected chi connectivity index (χ4v) is 2.00. The van der Waals surface area contributed by atoms with Crippen molar-refractivity contribution >= 4 is 27.5 Å². The largest absolute Gasteiger partial charge is 0.324 e. The topological polar surface area (TPSA) is 52.9 Å². The van der Waals surface area contributed by atoms with Crippen LogP contribution in [-0.4, -0.2) is 5.91 Å². The molecule has 0 radical (unpaired) electrons. The molecule has 0 heterocycles. The molecule has 1 aromatic rings. The summed E-state index contributed by atoms with van der Waals surface area (Å²) in [5, 5.41) is 11.7. The Morgan fingerprint density at radius 2 is 2.25 bits per heavy atom. The molecule has 0 saturated heterocycles. The van der Waals surface area contributed by atoms with Crippen LogP contribution in [0, 0.1) is 23.7 Å². The smallest absolute Gasteiger partial charge is 0.244 e. The lowest BCUT2D eigenvalue weighted by atomic mass is 10.1. The highest BCUT2D eigenvalue weighted by Crippen LogP contribution is 2.45. The van der Waals surface area contributed by atoms with Gasteiger partial charge in [-0.2, -0.15) is 5.26 Å². The number of hydrogen-bond acceptors (Lipinski definition) is 2. The first-order valence-electron chi connectivity index (χ1n) is 5.06. The normalized spacial score (nSPS) is 16.3. The van der Waals surface area contributed by atoms with Gasteiger partial charge >= 0.3 is 0 Å². The number of halogens is 1. The monoisotopic (exact) mass is 278 g/mol. The number of nitriles is 1. The molecule has 1 aliphatic carbocycles. The van der Waals surface area contributed by atoms with Crippen LogP contribution in [0.5, 0.6) is 0 Å². The first-order chi connectivity index (χ1) is 7.57. The summed E-state index contributed by atoms with van der Waals surface area (Å²) >= 11 is 3.36. The average molecular weight is 279 g/mol. The van der Waals surface area contributed by atoms with Gasteiger partial charge in [0.25, 0.3) is 0 Å². The molecule has 3 nitrogen and oxygen atoms in total. The summed E-state index contributed by atoms with van der Waals surface area (Å²) in [6.45, 7) is 1.92. The van der Waals surface area contributed by atoms with E-state index in [0.29, 0.717) is 12.8 Å². The van der Waals surface area contributed by atoms with Crippen LogP contribution in [0.15, 0.2) is 22.7 Å². The zero-order valence-electron chi connectivity index (χ0n) is 8.88. The van der Waals surface area contributed by atoms with Crippen LogP contribution in [0.4, 0.5) is 5.69 Å². The maximum atomic E-state index is 11.8. The van der Waals surface area contributed by atoms with E-state index in [1.54, 1.807) is 0 Å². The molecule has 1 fully saturated rings. The predicted octanol–water partition coefficient (Wildman–Crippen LogP) is 3.00. The van der Waals surface area contributed by atoms with Gasteiger partial charge in [0.2, 0.25) is 5.91 Å². The molecule has 0 aliphatic heterocycles. The van der Waals surface area contributed by atoms with E-state index in [1.165, 1.54) is 0 Å². The summed E-state index contributed by atoms with van der Waals surface area (Å²) < 4.78 is 0.976. The van der Waals surface area contributed by atoms with Gasteiger partial charge in [-0.15, -0.1) is 0 Å². The molecule has 1 amide bonds. The zero-order valence-corrected chi connectivity index (χ0v) is 10.5. The van der Waals surface area contributed by atoms with Gasteiger partial charge < -0.3 is 5.32 Å². The molecule has 82 valence electrons. The molecular formula is C12H11BrN2O. The SMILES string of the molecule is Cc1cc(Br)ccc1NC(=O)C1(C#N)CC1. The van der Waals surface area contributed by atoms with Crippen molar-refractivity contribution in [3.8, 4) is 6.07 Å². The van der Waals surface area contributed by atoms with Crippen LogP contribution in [0.25, 0.3) is 0 Å². The summed E-state index contributed by atoms with van der Waals surface area (Å²) in [6.07, 6.45) is 1.34. The molecule has 0 aromatic heterocycles. The van der Waals surface area contributed by atoms with Gasteiger partial charge in [-0.1, -0.05) is 15.9 Å². The highest BCUT2D eigenvalue weighted by molar-refractivity contribution is 9.10. The number of nitrogens with one attached hydrogen (secondary N) is 1. The lowest BCUT2D eigenvalue weighted by Crippen LogP contribution is -2.23.